The lowest BCUT2D eigenvalue weighted by Gasteiger charge is -2.46. The number of hydrogen-bond acceptors (Lipinski definition) is 6. The second kappa shape index (κ2) is 9.25. The van der Waals surface area contributed by atoms with Gasteiger partial charge < -0.3 is 20.8 Å². The van der Waals surface area contributed by atoms with Gasteiger partial charge in [0, 0.05) is 26.2 Å². The molecule has 2 heterocycles. The van der Waals surface area contributed by atoms with E-state index in [1.807, 2.05) is 23.6 Å². The van der Waals surface area contributed by atoms with Gasteiger partial charge in [-0.15, -0.1) is 0 Å². The lowest BCUT2D eigenvalue weighted by atomic mass is 9.78. The first-order valence-electron chi connectivity index (χ1n) is 10.8. The van der Waals surface area contributed by atoms with Crippen LogP contribution in [0.25, 0.3) is 0 Å². The van der Waals surface area contributed by atoms with Gasteiger partial charge >= 0.3 is 11.9 Å². The Kier molecular flexibility index (Phi) is 6.85. The van der Waals surface area contributed by atoms with Crippen LogP contribution in [0, 0.1) is 0 Å². The molecule has 2 atom stereocenters. The van der Waals surface area contributed by atoms with Gasteiger partial charge in [0.1, 0.15) is 11.1 Å². The SMILES string of the molecule is CCN1CCNC(=O)C1(CC(=O)O)c1ccc(C2(CC(=O)O)C(=O)NCCN2CC)cc1. The van der Waals surface area contributed by atoms with E-state index in [0.717, 1.165) is 0 Å². The van der Waals surface area contributed by atoms with Gasteiger partial charge in [0.15, 0.2) is 0 Å². The van der Waals surface area contributed by atoms with E-state index in [2.05, 4.69) is 10.6 Å². The fraction of sp³-hybridized carbons (Fsp3) is 0.545. The van der Waals surface area contributed by atoms with Crippen molar-refractivity contribution in [3.63, 3.8) is 0 Å². The number of rotatable bonds is 8. The Labute approximate surface area is 186 Å². The molecule has 0 bridgehead atoms. The zero-order chi connectivity index (χ0) is 23.5. The number of likely N-dealkylation sites (N-methyl/N-ethyl adjacent to an activating group) is 2. The maximum Gasteiger partial charge on any atom is 0.306 e. The summed E-state index contributed by atoms with van der Waals surface area (Å²) >= 11 is 0. The molecule has 2 aliphatic heterocycles. The highest BCUT2D eigenvalue weighted by molar-refractivity contribution is 5.94. The maximum atomic E-state index is 13.0. The molecule has 0 aliphatic carbocycles. The van der Waals surface area contributed by atoms with Gasteiger partial charge in [-0.1, -0.05) is 38.1 Å². The van der Waals surface area contributed by atoms with Crippen LogP contribution in [0.5, 0.6) is 0 Å². The van der Waals surface area contributed by atoms with E-state index >= 15 is 0 Å². The average molecular weight is 447 g/mol. The third-order valence-corrected chi connectivity index (χ3v) is 6.58. The number of carboxylic acid groups (broad SMARTS) is 2. The van der Waals surface area contributed by atoms with Gasteiger partial charge in [-0.3, -0.25) is 29.0 Å². The van der Waals surface area contributed by atoms with E-state index in [0.29, 0.717) is 50.4 Å². The fourth-order valence-corrected chi connectivity index (χ4v) is 5.10. The number of nitrogens with one attached hydrogen (secondary N) is 2. The molecule has 2 aliphatic rings. The number of hydrogen-bond donors (Lipinski definition) is 4. The predicted octanol–water partition coefficient (Wildman–Crippen LogP) is -0.0700. The molecular formula is C22H30N4O6. The number of carboxylic acids is 2. The fourth-order valence-electron chi connectivity index (χ4n) is 5.10. The molecule has 1 aromatic carbocycles. The minimum atomic E-state index is -1.38. The Bertz CT molecular complexity index is 831. The van der Waals surface area contributed by atoms with Crippen LogP contribution in [0.2, 0.25) is 0 Å². The molecule has 174 valence electrons. The van der Waals surface area contributed by atoms with E-state index < -0.39 is 35.9 Å². The van der Waals surface area contributed by atoms with Gasteiger partial charge in [-0.25, -0.2) is 0 Å². The van der Waals surface area contributed by atoms with Crippen molar-refractivity contribution in [1.29, 1.82) is 0 Å². The lowest BCUT2D eigenvalue weighted by Crippen LogP contribution is -2.64. The molecule has 0 aromatic heterocycles. The van der Waals surface area contributed by atoms with Crippen LogP contribution in [-0.2, 0) is 30.3 Å². The summed E-state index contributed by atoms with van der Waals surface area (Å²) in [6.07, 6.45) is -0.818. The Morgan fingerprint density at radius 3 is 1.44 bits per heavy atom. The van der Waals surface area contributed by atoms with Crippen molar-refractivity contribution < 1.29 is 29.4 Å². The summed E-state index contributed by atoms with van der Waals surface area (Å²) in [4.78, 5) is 53.1. The smallest absolute Gasteiger partial charge is 0.306 e. The summed E-state index contributed by atoms with van der Waals surface area (Å²) in [7, 11) is 0. The van der Waals surface area contributed by atoms with Crippen molar-refractivity contribution in [3.05, 3.63) is 35.4 Å². The summed E-state index contributed by atoms with van der Waals surface area (Å²) < 4.78 is 0. The van der Waals surface area contributed by atoms with Crippen molar-refractivity contribution in [2.24, 2.45) is 0 Å². The highest BCUT2D eigenvalue weighted by Crippen LogP contribution is 2.38. The molecule has 3 rings (SSSR count). The summed E-state index contributed by atoms with van der Waals surface area (Å²) in [5.74, 6) is -2.97. The zero-order valence-electron chi connectivity index (χ0n) is 18.4. The number of benzene rings is 1. The maximum absolute atomic E-state index is 13.0. The first-order valence-corrected chi connectivity index (χ1v) is 10.8. The summed E-state index contributed by atoms with van der Waals surface area (Å²) in [6.45, 7) is 6.58. The van der Waals surface area contributed by atoms with E-state index in [-0.39, 0.29) is 11.8 Å². The molecule has 10 heteroatoms. The molecule has 0 radical (unpaired) electrons. The Morgan fingerprint density at radius 2 is 1.16 bits per heavy atom. The zero-order valence-corrected chi connectivity index (χ0v) is 18.4. The van der Waals surface area contributed by atoms with Gasteiger partial charge in [0.05, 0.1) is 12.8 Å². The van der Waals surface area contributed by atoms with Crippen molar-refractivity contribution in [3.8, 4) is 0 Å². The van der Waals surface area contributed by atoms with E-state index in [9.17, 15) is 29.4 Å². The molecule has 2 unspecified atom stereocenters. The predicted molar refractivity (Wildman–Crippen MR) is 115 cm³/mol. The molecule has 1 aromatic rings. The van der Waals surface area contributed by atoms with E-state index in [1.165, 1.54) is 0 Å². The molecule has 0 spiro atoms. The van der Waals surface area contributed by atoms with Gasteiger partial charge in [-0.05, 0) is 24.2 Å². The van der Waals surface area contributed by atoms with Gasteiger partial charge in [0.2, 0.25) is 11.8 Å². The van der Waals surface area contributed by atoms with Gasteiger partial charge in [-0.2, -0.15) is 0 Å². The lowest BCUT2D eigenvalue weighted by molar-refractivity contribution is -0.150. The van der Waals surface area contributed by atoms with E-state index in [4.69, 9.17) is 0 Å². The van der Waals surface area contributed by atoms with Crippen molar-refractivity contribution in [2.75, 3.05) is 39.3 Å². The normalized spacial score (nSPS) is 26.9. The molecule has 0 saturated carbocycles. The Morgan fingerprint density at radius 1 is 0.812 bits per heavy atom. The van der Waals surface area contributed by atoms with Crippen LogP contribution < -0.4 is 10.6 Å². The Balaban J connectivity index is 2.12. The molecule has 32 heavy (non-hydrogen) atoms. The van der Waals surface area contributed by atoms with Crippen molar-refractivity contribution in [1.82, 2.24) is 20.4 Å². The molecule has 2 amide bonds. The Hall–Kier alpha value is -2.98. The molecule has 4 N–H and O–H groups in total. The molecule has 2 saturated heterocycles. The number of carbonyl (C=O) groups excluding carboxylic acids is 2. The standard InChI is InChI=1S/C22H30N4O6/c1-3-25-11-9-23-19(31)21(25,13-17(27)28)15-5-7-16(8-6-15)22(14-18(29)30)20(32)24-10-12-26(22)4-2/h5-8H,3-4,9-14H2,1-2H3,(H,23,31)(H,24,32)(H,27,28)(H,29,30). The largest absolute Gasteiger partial charge is 0.481 e. The minimum Gasteiger partial charge on any atom is -0.481 e. The summed E-state index contributed by atoms with van der Waals surface area (Å²) in [5, 5.41) is 24.7. The quantitative estimate of drug-likeness (QED) is 0.435. The first kappa shape index (κ1) is 23.7. The number of nitrogens with zero attached hydrogens (tertiary/aromatic N) is 2. The summed E-state index contributed by atoms with van der Waals surface area (Å²) in [6, 6.07) is 6.58. The second-order valence-corrected chi connectivity index (χ2v) is 8.11. The van der Waals surface area contributed by atoms with Gasteiger partial charge in [0.25, 0.3) is 0 Å². The van der Waals surface area contributed by atoms with Crippen LogP contribution in [0.15, 0.2) is 24.3 Å². The first-order chi connectivity index (χ1) is 15.2. The average Bonchev–Trinajstić information content (AvgIpc) is 2.76. The van der Waals surface area contributed by atoms with Crippen LogP contribution in [-0.4, -0.2) is 83.0 Å². The third kappa shape index (κ3) is 3.84. The monoisotopic (exact) mass is 446 g/mol. The number of amides is 2. The highest BCUT2D eigenvalue weighted by Gasteiger charge is 2.51. The van der Waals surface area contributed by atoms with Crippen molar-refractivity contribution in [2.45, 2.75) is 37.8 Å². The number of aliphatic carboxylic acids is 2. The molecule has 2 fully saturated rings. The second-order valence-electron chi connectivity index (χ2n) is 8.11. The highest BCUT2D eigenvalue weighted by atomic mass is 16.4. The topological polar surface area (TPSA) is 139 Å². The van der Waals surface area contributed by atoms with Crippen LogP contribution >= 0.6 is 0 Å². The van der Waals surface area contributed by atoms with Crippen LogP contribution in [0.3, 0.4) is 0 Å². The summed E-state index contributed by atoms with van der Waals surface area (Å²) in [5.41, 5.74) is -1.77. The van der Waals surface area contributed by atoms with Crippen molar-refractivity contribution >= 4 is 23.8 Å². The molecule has 10 nitrogen and oxygen atoms in total. The third-order valence-electron chi connectivity index (χ3n) is 6.58. The van der Waals surface area contributed by atoms with Crippen LogP contribution in [0.4, 0.5) is 0 Å². The van der Waals surface area contributed by atoms with Crippen LogP contribution in [0.1, 0.15) is 37.8 Å². The van der Waals surface area contributed by atoms with E-state index in [1.54, 1.807) is 24.3 Å². The molecular weight excluding hydrogens is 416 g/mol. The number of carbonyl (C=O) groups is 4. The minimum absolute atomic E-state index is 0.383. The number of piperazine rings is 2.